The maximum atomic E-state index is 4.22. The van der Waals surface area contributed by atoms with Gasteiger partial charge in [-0.25, -0.2) is 0 Å². The second kappa shape index (κ2) is 4.88. The molecule has 0 spiro atoms. The van der Waals surface area contributed by atoms with Crippen LogP contribution in [0.4, 0.5) is 0 Å². The van der Waals surface area contributed by atoms with Gasteiger partial charge >= 0.3 is 0 Å². The van der Waals surface area contributed by atoms with Crippen molar-refractivity contribution in [3.8, 4) is 0 Å². The van der Waals surface area contributed by atoms with E-state index < -0.39 is 0 Å². The van der Waals surface area contributed by atoms with Crippen LogP contribution in [0.15, 0.2) is 59.9 Å². The molecule has 0 aromatic heterocycles. The Kier molecular flexibility index (Phi) is 3.29. The zero-order valence-corrected chi connectivity index (χ0v) is 9.24. The van der Waals surface area contributed by atoms with Crippen molar-refractivity contribution in [2.45, 2.75) is 5.75 Å². The molecule has 1 aromatic rings. The molecule has 0 atom stereocenters. The first kappa shape index (κ1) is 10.1. The minimum Gasteiger partial charge on any atom is -0.175 e. The minimum atomic E-state index is 0.792. The fourth-order valence-corrected chi connectivity index (χ4v) is 1.58. The van der Waals surface area contributed by atoms with Crippen LogP contribution in [-0.4, -0.2) is 0 Å². The summed E-state index contributed by atoms with van der Waals surface area (Å²) in [5.74, 6) is 0.792. The lowest BCUT2D eigenvalue weighted by molar-refractivity contribution is 1.42. The topological polar surface area (TPSA) is 0 Å². The summed E-state index contributed by atoms with van der Waals surface area (Å²) in [4.78, 5) is 0. The Morgan fingerprint density at radius 2 is 1.93 bits per heavy atom. The molecule has 0 unspecified atom stereocenters. The Bertz CT molecular complexity index is 455. The lowest BCUT2D eigenvalue weighted by Crippen LogP contribution is -1.77. The van der Waals surface area contributed by atoms with E-state index in [1.165, 1.54) is 11.1 Å². The molecule has 15 heavy (non-hydrogen) atoms. The van der Waals surface area contributed by atoms with Crippen LogP contribution in [0.25, 0.3) is 6.08 Å². The van der Waals surface area contributed by atoms with E-state index in [0.717, 1.165) is 11.3 Å². The normalized spacial score (nSPS) is 13.8. The molecule has 0 aliphatic heterocycles. The van der Waals surface area contributed by atoms with Crippen LogP contribution < -0.4 is 0 Å². The van der Waals surface area contributed by atoms with E-state index >= 15 is 0 Å². The Morgan fingerprint density at radius 3 is 2.53 bits per heavy atom. The molecular formula is C14H12S. The van der Waals surface area contributed by atoms with Gasteiger partial charge in [0.1, 0.15) is 0 Å². The SMILES string of the molecule is SCc1ccc(/C=C/C2=C=CC=C2)cc1. The van der Waals surface area contributed by atoms with Crippen LogP contribution in [0, 0.1) is 0 Å². The maximum Gasteiger partial charge on any atom is 0.0165 e. The summed E-state index contributed by atoms with van der Waals surface area (Å²) < 4.78 is 0. The zero-order chi connectivity index (χ0) is 10.5. The second-order valence-electron chi connectivity index (χ2n) is 3.36. The van der Waals surface area contributed by atoms with Gasteiger partial charge in [-0.05, 0) is 29.4 Å². The number of hydrogen-bond acceptors (Lipinski definition) is 1. The number of rotatable bonds is 3. The quantitative estimate of drug-likeness (QED) is 0.572. The summed E-state index contributed by atoms with van der Waals surface area (Å²) in [5.41, 5.74) is 6.70. The van der Waals surface area contributed by atoms with Crippen molar-refractivity contribution in [2.75, 3.05) is 0 Å². The fourth-order valence-electron chi connectivity index (χ4n) is 1.37. The van der Waals surface area contributed by atoms with Crippen molar-refractivity contribution >= 4 is 18.7 Å². The Morgan fingerprint density at radius 1 is 1.13 bits per heavy atom. The number of thiol groups is 1. The highest BCUT2D eigenvalue weighted by atomic mass is 32.1. The van der Waals surface area contributed by atoms with Crippen LogP contribution in [0.5, 0.6) is 0 Å². The van der Waals surface area contributed by atoms with Crippen molar-refractivity contribution in [2.24, 2.45) is 0 Å². The van der Waals surface area contributed by atoms with Gasteiger partial charge < -0.3 is 0 Å². The first-order valence-electron chi connectivity index (χ1n) is 4.90. The Labute approximate surface area is 95.7 Å². The van der Waals surface area contributed by atoms with Crippen LogP contribution in [0.1, 0.15) is 11.1 Å². The maximum absolute atomic E-state index is 4.22. The van der Waals surface area contributed by atoms with E-state index in [9.17, 15) is 0 Å². The lowest BCUT2D eigenvalue weighted by atomic mass is 10.1. The highest BCUT2D eigenvalue weighted by Crippen LogP contribution is 2.10. The predicted octanol–water partition coefficient (Wildman–Crippen LogP) is 3.78. The molecule has 0 fully saturated rings. The molecule has 0 radical (unpaired) electrons. The monoisotopic (exact) mass is 212 g/mol. The molecule has 0 bridgehead atoms. The zero-order valence-electron chi connectivity index (χ0n) is 8.35. The first-order valence-corrected chi connectivity index (χ1v) is 5.53. The molecule has 1 heteroatoms. The van der Waals surface area contributed by atoms with Gasteiger partial charge in [0.15, 0.2) is 0 Å². The van der Waals surface area contributed by atoms with Gasteiger partial charge in [0, 0.05) is 11.3 Å². The third kappa shape index (κ3) is 2.76. The van der Waals surface area contributed by atoms with Crippen LogP contribution >= 0.6 is 12.6 Å². The largest absolute Gasteiger partial charge is 0.175 e. The molecule has 74 valence electrons. The number of hydrogen-bond donors (Lipinski definition) is 1. The van der Waals surface area contributed by atoms with E-state index in [1.807, 2.05) is 18.2 Å². The average molecular weight is 212 g/mol. The molecular weight excluding hydrogens is 200 g/mol. The van der Waals surface area contributed by atoms with Crippen molar-refractivity contribution < 1.29 is 0 Å². The second-order valence-corrected chi connectivity index (χ2v) is 3.67. The fraction of sp³-hybridized carbons (Fsp3) is 0.0714. The molecule has 2 rings (SSSR count). The van der Waals surface area contributed by atoms with Crippen molar-refractivity contribution in [1.82, 2.24) is 0 Å². The molecule has 0 saturated heterocycles. The highest BCUT2D eigenvalue weighted by molar-refractivity contribution is 7.79. The van der Waals surface area contributed by atoms with E-state index in [4.69, 9.17) is 0 Å². The van der Waals surface area contributed by atoms with Crippen molar-refractivity contribution in [1.29, 1.82) is 0 Å². The Balaban J connectivity index is 2.11. The van der Waals surface area contributed by atoms with Gasteiger partial charge in [0.05, 0.1) is 0 Å². The van der Waals surface area contributed by atoms with E-state index in [2.05, 4.69) is 54.8 Å². The van der Waals surface area contributed by atoms with Gasteiger partial charge in [-0.15, -0.1) is 5.73 Å². The van der Waals surface area contributed by atoms with Crippen molar-refractivity contribution in [3.63, 3.8) is 0 Å². The Hall–Kier alpha value is -1.43. The molecule has 1 aromatic carbocycles. The molecule has 0 saturated carbocycles. The van der Waals surface area contributed by atoms with Crippen LogP contribution in [-0.2, 0) is 5.75 Å². The number of allylic oxidation sites excluding steroid dienone is 4. The van der Waals surface area contributed by atoms with Crippen LogP contribution in [0.3, 0.4) is 0 Å². The lowest BCUT2D eigenvalue weighted by Gasteiger charge is -1.96. The molecule has 1 aliphatic carbocycles. The van der Waals surface area contributed by atoms with Gasteiger partial charge in [0.2, 0.25) is 0 Å². The summed E-state index contributed by atoms with van der Waals surface area (Å²) >= 11 is 4.22. The van der Waals surface area contributed by atoms with Crippen LogP contribution in [0.2, 0.25) is 0 Å². The molecule has 1 aliphatic rings. The molecule has 0 amide bonds. The van der Waals surface area contributed by atoms with E-state index in [0.29, 0.717) is 0 Å². The number of benzene rings is 1. The minimum absolute atomic E-state index is 0.792. The summed E-state index contributed by atoms with van der Waals surface area (Å²) in [7, 11) is 0. The van der Waals surface area contributed by atoms with Gasteiger partial charge in [-0.3, -0.25) is 0 Å². The third-order valence-electron chi connectivity index (χ3n) is 2.24. The smallest absolute Gasteiger partial charge is 0.0165 e. The highest BCUT2D eigenvalue weighted by Gasteiger charge is 1.91. The third-order valence-corrected chi connectivity index (χ3v) is 2.60. The van der Waals surface area contributed by atoms with Gasteiger partial charge in [0.25, 0.3) is 0 Å². The molecule has 0 heterocycles. The van der Waals surface area contributed by atoms with Gasteiger partial charge in [-0.1, -0.05) is 36.4 Å². The average Bonchev–Trinajstić information content (AvgIpc) is 2.80. The van der Waals surface area contributed by atoms with Crippen molar-refractivity contribution in [3.05, 3.63) is 71.0 Å². The first-order chi connectivity index (χ1) is 7.38. The summed E-state index contributed by atoms with van der Waals surface area (Å²) in [5, 5.41) is 0. The van der Waals surface area contributed by atoms with Gasteiger partial charge in [-0.2, -0.15) is 12.6 Å². The van der Waals surface area contributed by atoms with E-state index in [-0.39, 0.29) is 0 Å². The molecule has 0 nitrogen and oxygen atoms in total. The standard InChI is InChI=1S/C14H12S/c15-11-14-9-7-13(8-10-14)6-5-12-3-1-2-4-12/h1-3,5-10,15H,11H2/b6-5+. The summed E-state index contributed by atoms with van der Waals surface area (Å²) in [6, 6.07) is 8.40. The van der Waals surface area contributed by atoms with E-state index in [1.54, 1.807) is 0 Å². The summed E-state index contributed by atoms with van der Waals surface area (Å²) in [6.45, 7) is 0. The summed E-state index contributed by atoms with van der Waals surface area (Å²) in [6.07, 6.45) is 10.1. The predicted molar refractivity (Wildman–Crippen MR) is 68.9 cm³/mol. The molecule has 0 N–H and O–H groups in total.